The first kappa shape index (κ1) is 24.3. The predicted octanol–water partition coefficient (Wildman–Crippen LogP) is 3.22. The maximum absolute atomic E-state index is 12.8. The molecule has 2 amide bonds. The second-order valence-corrected chi connectivity index (χ2v) is 12.5. The minimum atomic E-state index is -1.14. The first-order valence-electron chi connectivity index (χ1n) is 10.3. The van der Waals surface area contributed by atoms with Crippen molar-refractivity contribution in [2.45, 2.75) is 32.2 Å². The second-order valence-electron chi connectivity index (χ2n) is 7.38. The quantitative estimate of drug-likeness (QED) is 0.296. The molecule has 3 aromatic rings. The van der Waals surface area contributed by atoms with E-state index in [4.69, 9.17) is 0 Å². The summed E-state index contributed by atoms with van der Waals surface area (Å²) in [6, 6.07) is 6.77. The number of thioether (sulfide) groups is 2. The average Bonchev–Trinajstić information content (AvgIpc) is 3.53. The number of thiophene rings is 1. The lowest BCUT2D eigenvalue weighted by Crippen LogP contribution is -2.70. The van der Waals surface area contributed by atoms with Gasteiger partial charge in [-0.15, -0.1) is 23.1 Å². The van der Waals surface area contributed by atoms with Gasteiger partial charge >= 0.3 is 5.97 Å². The second kappa shape index (κ2) is 10.7. The molecule has 9 nitrogen and oxygen atoms in total. The fourth-order valence-corrected chi connectivity index (χ4v) is 8.22. The molecule has 5 rings (SSSR count). The summed E-state index contributed by atoms with van der Waals surface area (Å²) in [5, 5.41) is 14.7. The van der Waals surface area contributed by atoms with E-state index in [9.17, 15) is 19.5 Å². The molecule has 35 heavy (non-hydrogen) atoms. The van der Waals surface area contributed by atoms with Gasteiger partial charge in [0.15, 0.2) is 4.34 Å². The number of carboxylic acid groups (broad SMARTS) is 1. The van der Waals surface area contributed by atoms with Gasteiger partial charge in [-0.1, -0.05) is 17.8 Å². The van der Waals surface area contributed by atoms with Crippen LogP contribution in [0.4, 0.5) is 0 Å². The molecule has 2 N–H and O–H groups in total. The maximum atomic E-state index is 12.8. The molecule has 1 saturated heterocycles. The van der Waals surface area contributed by atoms with E-state index in [1.165, 1.54) is 63.1 Å². The van der Waals surface area contributed by atoms with E-state index < -0.39 is 23.3 Å². The Balaban J connectivity index is 1.22. The summed E-state index contributed by atoms with van der Waals surface area (Å²) in [4.78, 5) is 48.9. The van der Waals surface area contributed by atoms with Gasteiger partial charge in [-0.3, -0.25) is 19.5 Å². The molecule has 0 saturated carbocycles. The standard InChI is InChI=1S/C21H17N5O4S5/c27-14(8-13-2-1-7-31-13)23-15-17(28)26-16(19(29)30)11(9-32-18(15)26)10-33-21-24-20(25-35-21)34-12-3-5-22-6-4-12/h1-7,15,18H,8-10H2,(H,23,27)(H,29,30)/t15?,18-/m1/s1. The molecular formula is C21H17N5O4S5. The van der Waals surface area contributed by atoms with Crippen LogP contribution in [0.5, 0.6) is 0 Å². The molecule has 1 unspecified atom stereocenters. The highest BCUT2D eigenvalue weighted by Crippen LogP contribution is 2.42. The van der Waals surface area contributed by atoms with Crippen LogP contribution in [0.25, 0.3) is 0 Å². The van der Waals surface area contributed by atoms with Crippen molar-refractivity contribution < 1.29 is 19.5 Å². The van der Waals surface area contributed by atoms with Crippen LogP contribution in [0, 0.1) is 0 Å². The molecule has 0 aliphatic carbocycles. The van der Waals surface area contributed by atoms with Crippen molar-refractivity contribution in [3.63, 3.8) is 0 Å². The molecule has 0 aromatic carbocycles. The molecule has 0 bridgehead atoms. The number of carbonyl (C=O) groups excluding carboxylic acids is 2. The monoisotopic (exact) mass is 563 g/mol. The van der Waals surface area contributed by atoms with E-state index in [1.54, 1.807) is 12.4 Å². The number of aromatic nitrogens is 3. The van der Waals surface area contributed by atoms with Crippen molar-refractivity contribution in [2.75, 3.05) is 11.5 Å². The van der Waals surface area contributed by atoms with E-state index in [0.717, 1.165) is 14.1 Å². The van der Waals surface area contributed by atoms with Crippen molar-refractivity contribution in [2.24, 2.45) is 0 Å². The number of hydrogen-bond acceptors (Lipinski definition) is 11. The van der Waals surface area contributed by atoms with Crippen molar-refractivity contribution in [1.82, 2.24) is 24.6 Å². The minimum absolute atomic E-state index is 0.00547. The molecule has 2 aliphatic heterocycles. The average molecular weight is 564 g/mol. The van der Waals surface area contributed by atoms with E-state index in [1.807, 2.05) is 29.6 Å². The van der Waals surface area contributed by atoms with Gasteiger partial charge in [0, 0.05) is 33.7 Å². The molecule has 3 aromatic heterocycles. The first-order chi connectivity index (χ1) is 17.0. The summed E-state index contributed by atoms with van der Waals surface area (Å²) in [7, 11) is 0. The van der Waals surface area contributed by atoms with Gasteiger partial charge in [-0.25, -0.2) is 9.78 Å². The van der Waals surface area contributed by atoms with Crippen LogP contribution in [0.1, 0.15) is 4.88 Å². The Morgan fingerprint density at radius 3 is 2.83 bits per heavy atom. The van der Waals surface area contributed by atoms with Crippen molar-refractivity contribution >= 4 is 75.9 Å². The normalized spacial score (nSPS) is 19.3. The number of nitrogens with zero attached hydrogens (tertiary/aromatic N) is 4. The number of nitrogens with one attached hydrogen (secondary N) is 1. The highest BCUT2D eigenvalue weighted by Gasteiger charge is 2.54. The van der Waals surface area contributed by atoms with E-state index in [-0.39, 0.29) is 18.0 Å². The zero-order valence-electron chi connectivity index (χ0n) is 17.8. The van der Waals surface area contributed by atoms with Crippen LogP contribution in [0.2, 0.25) is 0 Å². The molecule has 5 heterocycles. The van der Waals surface area contributed by atoms with E-state index in [0.29, 0.717) is 22.2 Å². The number of β-lactam (4-membered cyclic amide) rings is 1. The summed E-state index contributed by atoms with van der Waals surface area (Å²) in [6.45, 7) is 0. The third-order valence-corrected chi connectivity index (χ3v) is 10.2. The lowest BCUT2D eigenvalue weighted by molar-refractivity contribution is -0.150. The van der Waals surface area contributed by atoms with E-state index in [2.05, 4.69) is 19.7 Å². The molecule has 0 spiro atoms. The number of pyridine rings is 1. The zero-order valence-corrected chi connectivity index (χ0v) is 21.9. The zero-order chi connectivity index (χ0) is 24.4. The smallest absolute Gasteiger partial charge is 0.352 e. The van der Waals surface area contributed by atoms with E-state index >= 15 is 0 Å². The predicted molar refractivity (Wildman–Crippen MR) is 137 cm³/mol. The Labute approximate surface area is 221 Å². The van der Waals surface area contributed by atoms with Crippen molar-refractivity contribution in [1.29, 1.82) is 0 Å². The highest BCUT2D eigenvalue weighted by atomic mass is 32.2. The number of amides is 2. The van der Waals surface area contributed by atoms with Gasteiger partial charge in [0.05, 0.1) is 6.42 Å². The molecule has 2 atom stereocenters. The fraction of sp³-hybridized carbons (Fsp3) is 0.238. The maximum Gasteiger partial charge on any atom is 0.352 e. The van der Waals surface area contributed by atoms with Gasteiger partial charge in [0.1, 0.15) is 17.1 Å². The van der Waals surface area contributed by atoms with Gasteiger partial charge in [0.2, 0.25) is 11.1 Å². The third kappa shape index (κ3) is 5.40. The molecule has 180 valence electrons. The lowest BCUT2D eigenvalue weighted by atomic mass is 10.0. The van der Waals surface area contributed by atoms with Crippen LogP contribution < -0.4 is 5.32 Å². The Hall–Kier alpha value is -2.39. The Bertz CT molecular complexity index is 1280. The first-order valence-corrected chi connectivity index (χ1v) is 14.8. The SMILES string of the molecule is O=C(Cc1cccs1)NC1C(=O)N2C(C(=O)O)=C(CSc3nc(Sc4ccncc4)ns3)CS[C@H]12. The number of aliphatic carboxylic acids is 1. The highest BCUT2D eigenvalue weighted by molar-refractivity contribution is 8.02. The van der Waals surface area contributed by atoms with Crippen LogP contribution in [0.3, 0.4) is 0 Å². The van der Waals surface area contributed by atoms with Gasteiger partial charge in [-0.05, 0) is 52.4 Å². The number of fused-ring (bicyclic) bond motifs is 1. The number of hydrogen-bond donors (Lipinski definition) is 2. The Kier molecular flexibility index (Phi) is 7.43. The summed E-state index contributed by atoms with van der Waals surface area (Å²) < 4.78 is 5.08. The van der Waals surface area contributed by atoms with Gasteiger partial charge in [-0.2, -0.15) is 4.37 Å². The van der Waals surface area contributed by atoms with Gasteiger partial charge in [0.25, 0.3) is 5.91 Å². The van der Waals surface area contributed by atoms with Crippen LogP contribution in [-0.2, 0) is 20.8 Å². The minimum Gasteiger partial charge on any atom is -0.477 e. The fourth-order valence-electron chi connectivity index (χ4n) is 3.55. The van der Waals surface area contributed by atoms with Crippen LogP contribution in [0.15, 0.2) is 67.7 Å². The molecule has 1 fully saturated rings. The molecule has 2 aliphatic rings. The van der Waals surface area contributed by atoms with Crippen molar-refractivity contribution in [3.8, 4) is 0 Å². The number of carboxylic acids is 1. The molecule has 14 heteroatoms. The number of rotatable bonds is 9. The van der Waals surface area contributed by atoms with Crippen LogP contribution >= 0.6 is 58.2 Å². The summed E-state index contributed by atoms with van der Waals surface area (Å²) in [6.07, 6.45) is 3.61. The Morgan fingerprint density at radius 1 is 1.26 bits per heavy atom. The topological polar surface area (TPSA) is 125 Å². The summed E-state index contributed by atoms with van der Waals surface area (Å²) >= 11 is 7.02. The van der Waals surface area contributed by atoms with Crippen molar-refractivity contribution in [3.05, 3.63) is 58.2 Å². The van der Waals surface area contributed by atoms with Gasteiger partial charge < -0.3 is 10.4 Å². The number of carbonyl (C=O) groups is 3. The molecular weight excluding hydrogens is 547 g/mol. The largest absolute Gasteiger partial charge is 0.477 e. The Morgan fingerprint density at radius 2 is 2.09 bits per heavy atom. The third-order valence-electron chi connectivity index (χ3n) is 5.10. The molecule has 0 radical (unpaired) electrons. The summed E-state index contributed by atoms with van der Waals surface area (Å²) in [5.41, 5.74) is 0.657. The summed E-state index contributed by atoms with van der Waals surface area (Å²) in [5.74, 6) is -0.945. The van der Waals surface area contributed by atoms with Crippen LogP contribution in [-0.4, -0.2) is 65.1 Å². The lowest BCUT2D eigenvalue weighted by Gasteiger charge is -2.49.